The molecule has 1 aromatic carbocycles. The van der Waals surface area contributed by atoms with Gasteiger partial charge in [-0.05, 0) is 38.0 Å². The molecule has 2 rings (SSSR count). The van der Waals surface area contributed by atoms with Crippen molar-refractivity contribution in [3.8, 4) is 5.75 Å². The molecule has 0 saturated carbocycles. The van der Waals surface area contributed by atoms with Crippen LogP contribution in [0.3, 0.4) is 0 Å². The van der Waals surface area contributed by atoms with Gasteiger partial charge in [-0.2, -0.15) is 0 Å². The summed E-state index contributed by atoms with van der Waals surface area (Å²) in [7, 11) is 0. The molecule has 1 heterocycles. The molecule has 7 heteroatoms. The fourth-order valence-electron chi connectivity index (χ4n) is 1.96. The normalized spacial score (nSPS) is 10.4. The number of carbonyl (C=O) groups excluding carboxylic acids is 1. The molecule has 0 aliphatic heterocycles. The van der Waals surface area contributed by atoms with Crippen LogP contribution in [0.2, 0.25) is 0 Å². The highest BCUT2D eigenvalue weighted by atomic mass is 32.1. The Morgan fingerprint density at radius 2 is 2.14 bits per heavy atom. The van der Waals surface area contributed by atoms with Gasteiger partial charge in [0.2, 0.25) is 5.91 Å². The van der Waals surface area contributed by atoms with Crippen LogP contribution in [0.5, 0.6) is 5.75 Å². The zero-order valence-corrected chi connectivity index (χ0v) is 12.8. The molecular weight excluding hydrogens is 304 g/mol. The minimum absolute atomic E-state index is 0.200. The fourth-order valence-corrected chi connectivity index (χ4v) is 2.61. The van der Waals surface area contributed by atoms with E-state index in [4.69, 9.17) is 5.11 Å². The second kappa shape index (κ2) is 7.04. The number of amides is 1. The minimum atomic E-state index is -1.24. The summed E-state index contributed by atoms with van der Waals surface area (Å²) in [5.74, 6) is -1.77. The zero-order chi connectivity index (χ0) is 16.1. The summed E-state index contributed by atoms with van der Waals surface area (Å²) >= 11 is 1.58. The molecule has 3 N–H and O–H groups in total. The molecule has 0 atom stereocenters. The summed E-state index contributed by atoms with van der Waals surface area (Å²) in [4.78, 5) is 27.1. The maximum absolute atomic E-state index is 11.8. The van der Waals surface area contributed by atoms with Gasteiger partial charge in [-0.3, -0.25) is 4.79 Å². The van der Waals surface area contributed by atoms with Crippen molar-refractivity contribution < 1.29 is 19.8 Å². The van der Waals surface area contributed by atoms with E-state index in [2.05, 4.69) is 10.3 Å². The molecular formula is C15H16N2O4S. The number of nitrogens with one attached hydrogen (secondary N) is 1. The van der Waals surface area contributed by atoms with Crippen LogP contribution in [0.15, 0.2) is 23.6 Å². The van der Waals surface area contributed by atoms with Crippen LogP contribution in [0, 0.1) is 6.92 Å². The number of aromatic nitrogens is 1. The number of anilines is 1. The SMILES string of the molecule is Cc1nc(CCCC(=O)Nc2ccc(O)c(C(=O)O)c2)cs1. The monoisotopic (exact) mass is 320 g/mol. The third kappa shape index (κ3) is 4.29. The maximum atomic E-state index is 11.8. The van der Waals surface area contributed by atoms with E-state index < -0.39 is 5.97 Å². The number of hydrogen-bond acceptors (Lipinski definition) is 5. The van der Waals surface area contributed by atoms with E-state index in [0.717, 1.165) is 17.1 Å². The molecule has 6 nitrogen and oxygen atoms in total. The molecule has 0 spiro atoms. The number of carbonyl (C=O) groups is 2. The van der Waals surface area contributed by atoms with E-state index in [9.17, 15) is 14.7 Å². The van der Waals surface area contributed by atoms with E-state index >= 15 is 0 Å². The smallest absolute Gasteiger partial charge is 0.339 e. The highest BCUT2D eigenvalue weighted by Gasteiger charge is 2.11. The molecule has 0 saturated heterocycles. The zero-order valence-electron chi connectivity index (χ0n) is 12.0. The summed E-state index contributed by atoms with van der Waals surface area (Å²) < 4.78 is 0. The van der Waals surface area contributed by atoms with E-state index in [-0.39, 0.29) is 17.2 Å². The highest BCUT2D eigenvalue weighted by Crippen LogP contribution is 2.21. The quantitative estimate of drug-likeness (QED) is 0.711. The number of aromatic carboxylic acids is 1. The van der Waals surface area contributed by atoms with E-state index in [1.165, 1.54) is 18.2 Å². The van der Waals surface area contributed by atoms with Gasteiger partial charge in [-0.1, -0.05) is 0 Å². The van der Waals surface area contributed by atoms with E-state index in [1.54, 1.807) is 11.3 Å². The van der Waals surface area contributed by atoms with Crippen LogP contribution in [-0.4, -0.2) is 27.1 Å². The standard InChI is InChI=1S/C15H16N2O4S/c1-9-16-11(8-22-9)3-2-4-14(19)17-10-5-6-13(18)12(7-10)15(20)21/h5-8,18H,2-4H2,1H3,(H,17,19)(H,20,21). The van der Waals surface area contributed by atoms with Gasteiger partial charge in [0.05, 0.1) is 10.7 Å². The van der Waals surface area contributed by atoms with Crippen LogP contribution in [0.4, 0.5) is 5.69 Å². The van der Waals surface area contributed by atoms with Crippen LogP contribution < -0.4 is 5.32 Å². The van der Waals surface area contributed by atoms with E-state index in [1.807, 2.05) is 12.3 Å². The molecule has 0 fully saturated rings. The third-order valence-corrected chi connectivity index (χ3v) is 3.84. The van der Waals surface area contributed by atoms with Gasteiger partial charge in [0, 0.05) is 17.5 Å². The largest absolute Gasteiger partial charge is 0.507 e. The molecule has 0 radical (unpaired) electrons. The highest BCUT2D eigenvalue weighted by molar-refractivity contribution is 7.09. The third-order valence-electron chi connectivity index (χ3n) is 3.01. The lowest BCUT2D eigenvalue weighted by Gasteiger charge is -2.07. The lowest BCUT2D eigenvalue weighted by atomic mass is 10.1. The van der Waals surface area contributed by atoms with Gasteiger partial charge in [0.15, 0.2) is 0 Å². The number of rotatable bonds is 6. The Hall–Kier alpha value is -2.41. The van der Waals surface area contributed by atoms with Crippen molar-refractivity contribution in [2.75, 3.05) is 5.32 Å². The molecule has 0 aliphatic carbocycles. The first-order chi connectivity index (χ1) is 10.5. The first kappa shape index (κ1) is 16.0. The number of thiazole rings is 1. The second-order valence-corrected chi connectivity index (χ2v) is 5.86. The maximum Gasteiger partial charge on any atom is 0.339 e. The van der Waals surface area contributed by atoms with Crippen molar-refractivity contribution in [1.82, 2.24) is 4.98 Å². The molecule has 2 aromatic rings. The Morgan fingerprint density at radius 1 is 1.36 bits per heavy atom. The van der Waals surface area contributed by atoms with Crippen molar-refractivity contribution >= 4 is 28.9 Å². The van der Waals surface area contributed by atoms with Crippen LogP contribution in [0.1, 0.15) is 33.9 Å². The van der Waals surface area contributed by atoms with E-state index in [0.29, 0.717) is 18.5 Å². The molecule has 0 bridgehead atoms. The average Bonchev–Trinajstić information content (AvgIpc) is 2.86. The summed E-state index contributed by atoms with van der Waals surface area (Å²) in [6.45, 7) is 1.94. The number of nitrogens with zero attached hydrogens (tertiary/aromatic N) is 1. The number of aryl methyl sites for hydroxylation is 2. The van der Waals surface area contributed by atoms with Crippen LogP contribution in [-0.2, 0) is 11.2 Å². The van der Waals surface area contributed by atoms with Gasteiger partial charge < -0.3 is 15.5 Å². The Labute approximate surface area is 131 Å². The number of benzene rings is 1. The number of phenols is 1. The molecule has 0 aliphatic rings. The Bertz CT molecular complexity index is 697. The Balaban J connectivity index is 1.86. The first-order valence-corrected chi connectivity index (χ1v) is 7.61. The summed E-state index contributed by atoms with van der Waals surface area (Å²) in [6, 6.07) is 3.94. The lowest BCUT2D eigenvalue weighted by molar-refractivity contribution is -0.116. The second-order valence-electron chi connectivity index (χ2n) is 4.80. The van der Waals surface area contributed by atoms with Gasteiger partial charge in [-0.15, -0.1) is 11.3 Å². The molecule has 1 aromatic heterocycles. The van der Waals surface area contributed by atoms with Crippen molar-refractivity contribution in [3.63, 3.8) is 0 Å². The topological polar surface area (TPSA) is 99.5 Å². The number of hydrogen-bond donors (Lipinski definition) is 3. The van der Waals surface area contributed by atoms with Crippen molar-refractivity contribution in [2.45, 2.75) is 26.2 Å². The summed E-state index contributed by atoms with van der Waals surface area (Å²) in [5.41, 5.74) is 1.09. The number of aromatic hydroxyl groups is 1. The predicted octanol–water partition coefficient (Wildman–Crippen LogP) is 2.82. The predicted molar refractivity (Wildman–Crippen MR) is 83.5 cm³/mol. The molecule has 116 valence electrons. The lowest BCUT2D eigenvalue weighted by Crippen LogP contribution is -2.12. The van der Waals surface area contributed by atoms with Crippen molar-refractivity contribution in [2.24, 2.45) is 0 Å². The van der Waals surface area contributed by atoms with Crippen LogP contribution >= 0.6 is 11.3 Å². The fraction of sp³-hybridized carbons (Fsp3) is 0.267. The van der Waals surface area contributed by atoms with Crippen LogP contribution in [0.25, 0.3) is 0 Å². The van der Waals surface area contributed by atoms with Crippen molar-refractivity contribution in [1.29, 1.82) is 0 Å². The average molecular weight is 320 g/mol. The Morgan fingerprint density at radius 3 is 2.77 bits per heavy atom. The van der Waals surface area contributed by atoms with Gasteiger partial charge >= 0.3 is 5.97 Å². The summed E-state index contributed by atoms with van der Waals surface area (Å²) in [5, 5.41) is 23.9. The molecule has 22 heavy (non-hydrogen) atoms. The van der Waals surface area contributed by atoms with Gasteiger partial charge in [0.1, 0.15) is 11.3 Å². The number of carboxylic acids is 1. The molecule has 1 amide bonds. The molecule has 0 unspecified atom stereocenters. The first-order valence-electron chi connectivity index (χ1n) is 6.73. The van der Waals surface area contributed by atoms with Crippen molar-refractivity contribution in [3.05, 3.63) is 39.8 Å². The Kier molecular flexibility index (Phi) is 5.11. The van der Waals surface area contributed by atoms with Gasteiger partial charge in [0.25, 0.3) is 0 Å². The van der Waals surface area contributed by atoms with Gasteiger partial charge in [-0.25, -0.2) is 9.78 Å². The summed E-state index contributed by atoms with van der Waals surface area (Å²) in [6.07, 6.45) is 1.71. The number of carboxylic acid groups (broad SMARTS) is 1. The minimum Gasteiger partial charge on any atom is -0.507 e.